The molecule has 1 nitrogen and oxygen atoms in total. The van der Waals surface area contributed by atoms with Gasteiger partial charge in [0.05, 0.1) is 0 Å². The number of benzene rings is 4. The molecule has 0 fully saturated rings. The van der Waals surface area contributed by atoms with Crippen molar-refractivity contribution >= 4 is 55.2 Å². The van der Waals surface area contributed by atoms with Crippen LogP contribution in [0.1, 0.15) is 44.6 Å². The van der Waals surface area contributed by atoms with Crippen LogP contribution in [0.2, 0.25) is 0 Å². The van der Waals surface area contributed by atoms with E-state index in [-0.39, 0.29) is 0 Å². The first-order valence-corrected chi connectivity index (χ1v) is 17.8. The molecule has 254 valence electrons. The Bertz CT molecular complexity index is 2050. The van der Waals surface area contributed by atoms with Crippen LogP contribution < -0.4 is 0 Å². The van der Waals surface area contributed by atoms with Crippen LogP contribution in [-0.2, 0) is 0 Å². The maximum Gasteiger partial charge on any atom is 0.143 e. The molecule has 1 aliphatic rings. The fourth-order valence-electron chi connectivity index (χ4n) is 5.35. The Morgan fingerprint density at radius 3 is 1.66 bits per heavy atom. The predicted octanol–water partition coefficient (Wildman–Crippen LogP) is 15.5. The smallest absolute Gasteiger partial charge is 0.143 e. The molecule has 0 spiro atoms. The van der Waals surface area contributed by atoms with Crippen LogP contribution in [0.5, 0.6) is 0 Å². The van der Waals surface area contributed by atoms with Crippen molar-refractivity contribution in [1.29, 1.82) is 0 Å². The maximum atomic E-state index is 6.20. The summed E-state index contributed by atoms with van der Waals surface area (Å²) >= 11 is 1.79. The Morgan fingerprint density at radius 2 is 1.10 bits per heavy atom. The van der Waals surface area contributed by atoms with Crippen molar-refractivity contribution in [3.63, 3.8) is 0 Å². The van der Waals surface area contributed by atoms with Gasteiger partial charge in [0, 0.05) is 27.0 Å². The molecule has 0 N–H and O–H groups in total. The summed E-state index contributed by atoms with van der Waals surface area (Å²) in [5.41, 5.74) is 3.28. The lowest BCUT2D eigenvalue weighted by molar-refractivity contribution is 0.672. The molecule has 2 heteroatoms. The zero-order chi connectivity index (χ0) is 36.1. The molecule has 2 heterocycles. The van der Waals surface area contributed by atoms with E-state index in [9.17, 15) is 0 Å². The molecule has 1 atom stereocenters. The molecular weight excluding hydrogens is 625 g/mol. The molecular formula is C48H50OS. The van der Waals surface area contributed by atoms with Gasteiger partial charge in [-0.15, -0.1) is 32.9 Å². The largest absolute Gasteiger partial charge is 0.455 e. The highest BCUT2D eigenvalue weighted by Crippen LogP contribution is 2.51. The van der Waals surface area contributed by atoms with Crippen LogP contribution >= 0.6 is 11.8 Å². The van der Waals surface area contributed by atoms with Gasteiger partial charge in [-0.1, -0.05) is 146 Å². The average Bonchev–Trinajstić information content (AvgIpc) is 3.66. The van der Waals surface area contributed by atoms with Gasteiger partial charge in [0.25, 0.3) is 0 Å². The van der Waals surface area contributed by atoms with E-state index in [1.165, 1.54) is 47.7 Å². The molecule has 50 heavy (non-hydrogen) atoms. The van der Waals surface area contributed by atoms with Crippen LogP contribution in [-0.4, -0.2) is 0 Å². The third kappa shape index (κ3) is 10.9. The molecule has 0 bridgehead atoms. The molecule has 5 aromatic carbocycles. The van der Waals surface area contributed by atoms with Crippen molar-refractivity contribution in [1.82, 2.24) is 0 Å². The molecule has 1 aliphatic heterocycles. The monoisotopic (exact) mass is 674 g/mol. The maximum absolute atomic E-state index is 6.20. The molecule has 6 aromatic rings. The van der Waals surface area contributed by atoms with Crippen LogP contribution in [0, 0.1) is 0 Å². The zero-order valence-corrected chi connectivity index (χ0v) is 30.5. The summed E-state index contributed by atoms with van der Waals surface area (Å²) in [7, 11) is 0. The highest BCUT2D eigenvalue weighted by Gasteiger charge is 2.27. The quantitative estimate of drug-likeness (QED) is 0.133. The van der Waals surface area contributed by atoms with E-state index in [2.05, 4.69) is 124 Å². The number of para-hydroxylation sites is 1. The summed E-state index contributed by atoms with van der Waals surface area (Å²) in [5, 5.41) is 7.28. The number of allylic oxidation sites excluding steroid dienone is 6. The van der Waals surface area contributed by atoms with E-state index in [0.29, 0.717) is 5.92 Å². The van der Waals surface area contributed by atoms with E-state index >= 15 is 0 Å². The summed E-state index contributed by atoms with van der Waals surface area (Å²) in [4.78, 5) is 2.52. The zero-order valence-electron chi connectivity index (χ0n) is 29.7. The minimum absolute atomic E-state index is 0.353. The van der Waals surface area contributed by atoms with E-state index in [1.807, 2.05) is 68.5 Å². The second-order valence-corrected chi connectivity index (χ2v) is 12.6. The third-order valence-electron chi connectivity index (χ3n) is 7.58. The summed E-state index contributed by atoms with van der Waals surface area (Å²) in [6.45, 7) is 25.8. The normalized spacial score (nSPS) is 12.2. The van der Waals surface area contributed by atoms with Crippen LogP contribution in [0.25, 0.3) is 43.5 Å². The average molecular weight is 675 g/mol. The Hall–Kier alpha value is -5.31. The van der Waals surface area contributed by atoms with Crippen LogP contribution in [0.4, 0.5) is 0 Å². The van der Waals surface area contributed by atoms with E-state index in [0.717, 1.165) is 30.4 Å². The van der Waals surface area contributed by atoms with Gasteiger partial charge < -0.3 is 4.42 Å². The number of fused-ring (bicyclic) bond motifs is 7. The summed E-state index contributed by atoms with van der Waals surface area (Å²) in [6, 6.07) is 42.0. The van der Waals surface area contributed by atoms with Gasteiger partial charge in [0.2, 0.25) is 0 Å². The molecule has 1 unspecified atom stereocenters. The molecule has 7 rings (SSSR count). The minimum atomic E-state index is 0.353. The standard InChI is InChI=1S/C22H16OS.C14H12.C6H10.2C3H6/c1-3-6-15-13(2)24-21-11-14-9-10-17-16-7-4-5-8-20(16)23-22(17)18(14)12-19(15)21;1-2-4-6-10-14-12-8-7-11-13(14)9-5-3-1;1-3-5-6-4-2;2*1-3-2/h3-5,7-12,15H,1-2,6H2;1-12H;3-4H,1-2,5-6H2;2*3H,1H2,2H3. The predicted molar refractivity (Wildman–Crippen MR) is 227 cm³/mol. The highest BCUT2D eigenvalue weighted by molar-refractivity contribution is 8.03. The molecule has 1 aromatic heterocycles. The van der Waals surface area contributed by atoms with Crippen molar-refractivity contribution in [2.45, 2.75) is 43.9 Å². The summed E-state index contributed by atoms with van der Waals surface area (Å²) in [5.74, 6) is 0.353. The van der Waals surface area contributed by atoms with Gasteiger partial charge >= 0.3 is 0 Å². The molecule has 0 saturated carbocycles. The van der Waals surface area contributed by atoms with Crippen molar-refractivity contribution < 1.29 is 4.42 Å². The first-order valence-electron chi connectivity index (χ1n) is 17.0. The highest BCUT2D eigenvalue weighted by atomic mass is 32.2. The number of thioether (sulfide) groups is 1. The Balaban J connectivity index is 0.000000220. The van der Waals surface area contributed by atoms with Gasteiger partial charge in [-0.05, 0) is 84.0 Å². The van der Waals surface area contributed by atoms with Crippen LogP contribution in [0.15, 0.2) is 205 Å². The van der Waals surface area contributed by atoms with Gasteiger partial charge in [-0.3, -0.25) is 0 Å². The number of hydrogen-bond donors (Lipinski definition) is 0. The topological polar surface area (TPSA) is 13.1 Å². The van der Waals surface area contributed by atoms with Gasteiger partial charge in [0.1, 0.15) is 11.2 Å². The van der Waals surface area contributed by atoms with Crippen molar-refractivity contribution in [2.75, 3.05) is 0 Å². The lowest BCUT2D eigenvalue weighted by Gasteiger charge is -2.10. The Labute approximate surface area is 304 Å². The molecule has 0 amide bonds. The fourth-order valence-corrected chi connectivity index (χ4v) is 6.50. The second kappa shape index (κ2) is 21.6. The number of unbranched alkanes of at least 4 members (excludes halogenated alkanes) is 1. The first kappa shape index (κ1) is 39.1. The van der Waals surface area contributed by atoms with E-state index in [4.69, 9.17) is 4.42 Å². The Morgan fingerprint density at radius 1 is 0.580 bits per heavy atom. The lowest BCUT2D eigenvalue weighted by Crippen LogP contribution is -1.93. The van der Waals surface area contributed by atoms with Crippen LogP contribution in [0.3, 0.4) is 0 Å². The van der Waals surface area contributed by atoms with E-state index in [1.54, 1.807) is 23.9 Å². The first-order chi connectivity index (χ1) is 24.5. The van der Waals surface area contributed by atoms with Gasteiger partial charge in [-0.2, -0.15) is 0 Å². The second-order valence-electron chi connectivity index (χ2n) is 11.4. The third-order valence-corrected chi connectivity index (χ3v) is 8.70. The molecule has 0 saturated heterocycles. The van der Waals surface area contributed by atoms with Crippen molar-refractivity contribution in [2.24, 2.45) is 0 Å². The van der Waals surface area contributed by atoms with Gasteiger partial charge in [-0.25, -0.2) is 0 Å². The summed E-state index contributed by atoms with van der Waals surface area (Å²) in [6.07, 6.45) is 12.3. The van der Waals surface area contributed by atoms with Crippen molar-refractivity contribution in [3.8, 4) is 0 Å². The fraction of sp³-hybridized carbons (Fsp3) is 0.125. The van der Waals surface area contributed by atoms with E-state index < -0.39 is 0 Å². The van der Waals surface area contributed by atoms with Gasteiger partial charge in [0.15, 0.2) is 0 Å². The lowest BCUT2D eigenvalue weighted by atomic mass is 9.93. The van der Waals surface area contributed by atoms with Crippen molar-refractivity contribution in [3.05, 3.63) is 202 Å². The molecule has 0 radical (unpaired) electrons. The number of rotatable bonds is 5. The minimum Gasteiger partial charge on any atom is -0.455 e. The Kier molecular flexibility index (Phi) is 16.9. The number of furan rings is 1. The summed E-state index contributed by atoms with van der Waals surface area (Å²) < 4.78 is 6.20. The molecule has 0 aliphatic carbocycles. The number of hydrogen-bond acceptors (Lipinski definition) is 2. The SMILES string of the molecule is C=CC.C=CC.C=CCC1C(=C)Sc2cc3ccc4c5ccccc5oc4c3cc21.C=CCCC=C.c1ccccc2ccccc2ccc1.